The van der Waals surface area contributed by atoms with E-state index in [1.54, 1.807) is 14.2 Å². The first-order chi connectivity index (χ1) is 16.3. The summed E-state index contributed by atoms with van der Waals surface area (Å²) >= 11 is 0. The lowest BCUT2D eigenvalue weighted by molar-refractivity contribution is -0.118. The summed E-state index contributed by atoms with van der Waals surface area (Å²) in [5.74, 6) is 0.984. The van der Waals surface area contributed by atoms with Crippen molar-refractivity contribution in [2.45, 2.75) is 51.5 Å². The monoisotopic (exact) mass is 455 g/mol. The van der Waals surface area contributed by atoms with E-state index in [4.69, 9.17) is 9.47 Å². The minimum Gasteiger partial charge on any atom is -0.493 e. The van der Waals surface area contributed by atoms with Gasteiger partial charge in [0.05, 0.1) is 19.9 Å². The quantitative estimate of drug-likeness (QED) is 0.608. The van der Waals surface area contributed by atoms with Crippen LogP contribution in [0.2, 0.25) is 0 Å². The van der Waals surface area contributed by atoms with Crippen LogP contribution >= 0.6 is 0 Å². The van der Waals surface area contributed by atoms with Gasteiger partial charge in [-0.25, -0.2) is 0 Å². The third kappa shape index (κ3) is 2.99. The van der Waals surface area contributed by atoms with Gasteiger partial charge in [-0.3, -0.25) is 9.59 Å². The Hall–Kier alpha value is -3.34. The maximum atomic E-state index is 13.9. The predicted molar refractivity (Wildman–Crippen MR) is 130 cm³/mol. The fraction of sp³-hybridized carbons (Fsp3) is 0.379. The molecule has 0 saturated heterocycles. The molecule has 2 aromatic carbocycles. The highest BCUT2D eigenvalue weighted by Gasteiger charge is 2.51. The Morgan fingerprint density at radius 3 is 2.26 bits per heavy atom. The summed E-state index contributed by atoms with van der Waals surface area (Å²) < 4.78 is 11.1. The molecule has 0 aromatic heterocycles. The largest absolute Gasteiger partial charge is 0.493 e. The molecular weight excluding hydrogens is 426 g/mol. The lowest BCUT2D eigenvalue weighted by Gasteiger charge is -2.45. The molecule has 1 fully saturated rings. The minimum atomic E-state index is -0.414. The summed E-state index contributed by atoms with van der Waals surface area (Å²) in [4.78, 5) is 30.1. The van der Waals surface area contributed by atoms with Gasteiger partial charge in [0.2, 0.25) is 0 Å². The number of methoxy groups -OCH3 is 2. The second kappa shape index (κ2) is 7.33. The van der Waals surface area contributed by atoms with Crippen LogP contribution in [-0.2, 0) is 4.79 Å². The van der Waals surface area contributed by atoms with Crippen molar-refractivity contribution in [2.24, 2.45) is 5.41 Å². The van der Waals surface area contributed by atoms with Crippen molar-refractivity contribution in [2.75, 3.05) is 14.2 Å². The summed E-state index contributed by atoms with van der Waals surface area (Å²) in [6, 6.07) is 14.0. The summed E-state index contributed by atoms with van der Waals surface area (Å²) in [5.41, 5.74) is 6.12. The molecule has 0 N–H and O–H groups in total. The van der Waals surface area contributed by atoms with Crippen LogP contribution in [0, 0.1) is 5.41 Å². The molecule has 0 radical (unpaired) electrons. The Labute approximate surface area is 200 Å². The van der Waals surface area contributed by atoms with Gasteiger partial charge in [-0.15, -0.1) is 0 Å². The number of rotatable bonds is 4. The van der Waals surface area contributed by atoms with Crippen molar-refractivity contribution >= 4 is 17.3 Å². The van der Waals surface area contributed by atoms with Crippen LogP contribution in [0.25, 0.3) is 5.70 Å². The average molecular weight is 456 g/mol. The molecule has 4 aliphatic rings. The molecule has 2 aromatic rings. The zero-order valence-corrected chi connectivity index (χ0v) is 20.1. The zero-order chi connectivity index (χ0) is 23.8. The van der Waals surface area contributed by atoms with Gasteiger partial charge in [-0.2, -0.15) is 0 Å². The van der Waals surface area contributed by atoms with Crippen molar-refractivity contribution in [3.63, 3.8) is 0 Å². The Morgan fingerprint density at radius 1 is 0.882 bits per heavy atom. The molecule has 34 heavy (non-hydrogen) atoms. The first-order valence-corrected chi connectivity index (χ1v) is 12.0. The molecule has 0 amide bonds. The van der Waals surface area contributed by atoms with Crippen molar-refractivity contribution in [1.29, 1.82) is 0 Å². The molecule has 6 rings (SSSR count). The molecule has 1 unspecified atom stereocenters. The average Bonchev–Trinajstić information content (AvgIpc) is 3.61. The molecule has 1 saturated carbocycles. The predicted octanol–water partition coefficient (Wildman–Crippen LogP) is 5.52. The first kappa shape index (κ1) is 21.2. The van der Waals surface area contributed by atoms with Crippen LogP contribution in [0.1, 0.15) is 66.9 Å². The van der Waals surface area contributed by atoms with Gasteiger partial charge in [0.15, 0.2) is 23.1 Å². The minimum absolute atomic E-state index is 0.0280. The van der Waals surface area contributed by atoms with E-state index in [1.807, 2.05) is 36.4 Å². The topological polar surface area (TPSA) is 55.8 Å². The van der Waals surface area contributed by atoms with E-state index in [0.29, 0.717) is 24.0 Å². The van der Waals surface area contributed by atoms with Gasteiger partial charge in [-0.1, -0.05) is 44.2 Å². The number of Topliss-reactive ketones (excluding diaryl/α,β-unsaturated/α-hetero) is 2. The second-order valence-electron chi connectivity index (χ2n) is 10.6. The lowest BCUT2D eigenvalue weighted by atomic mass is 9.68. The normalized spacial score (nSPS) is 23.1. The number of fused-ring (bicyclic) bond motifs is 2. The van der Waals surface area contributed by atoms with E-state index in [9.17, 15) is 9.59 Å². The van der Waals surface area contributed by atoms with Crippen LogP contribution in [0.5, 0.6) is 11.5 Å². The van der Waals surface area contributed by atoms with Gasteiger partial charge in [-0.05, 0) is 42.4 Å². The van der Waals surface area contributed by atoms with Crippen LogP contribution < -0.4 is 9.47 Å². The fourth-order valence-corrected chi connectivity index (χ4v) is 6.04. The first-order valence-electron chi connectivity index (χ1n) is 12.0. The number of nitrogens with zero attached hydrogens (tertiary/aromatic N) is 1. The molecule has 5 heteroatoms. The molecule has 1 heterocycles. The van der Waals surface area contributed by atoms with Gasteiger partial charge in [0, 0.05) is 46.4 Å². The standard InChI is InChI=1S/C29H29NO4/c1-29(2)14-20-25(21(31)15-29)24(16-9-12-22(33-3)23(13-16)34-4)26-27(30(20)17-10-11-17)18-7-5-6-8-19(18)28(26)32/h5-9,12-13,17,24H,10-11,14-15H2,1-4H3. The summed E-state index contributed by atoms with van der Waals surface area (Å²) in [7, 11) is 3.22. The Morgan fingerprint density at radius 2 is 1.59 bits per heavy atom. The van der Waals surface area contributed by atoms with Gasteiger partial charge in [0.25, 0.3) is 0 Å². The molecule has 0 spiro atoms. The zero-order valence-electron chi connectivity index (χ0n) is 20.1. The van der Waals surface area contributed by atoms with E-state index in [-0.39, 0.29) is 17.0 Å². The Kier molecular flexibility index (Phi) is 4.57. The van der Waals surface area contributed by atoms with Crippen LogP contribution in [0.3, 0.4) is 0 Å². The molecule has 5 nitrogen and oxygen atoms in total. The molecule has 1 atom stereocenters. The molecule has 0 bridgehead atoms. The van der Waals surface area contributed by atoms with Crippen LogP contribution in [0.4, 0.5) is 0 Å². The number of carbonyl (C=O) groups excluding carboxylic acids is 2. The SMILES string of the molecule is COc1ccc(C2C3=C(CC(C)(C)CC3=O)N(C3CC3)C3=C2C(=O)c2ccccc23)cc1OC. The highest BCUT2D eigenvalue weighted by atomic mass is 16.5. The number of hydrogen-bond donors (Lipinski definition) is 0. The maximum Gasteiger partial charge on any atom is 0.192 e. The van der Waals surface area contributed by atoms with E-state index >= 15 is 0 Å². The van der Waals surface area contributed by atoms with Crippen LogP contribution in [0.15, 0.2) is 59.3 Å². The molecule has 3 aliphatic carbocycles. The molecule has 1 aliphatic heterocycles. The van der Waals surface area contributed by atoms with E-state index < -0.39 is 5.92 Å². The van der Waals surface area contributed by atoms with Gasteiger partial charge >= 0.3 is 0 Å². The van der Waals surface area contributed by atoms with Gasteiger partial charge < -0.3 is 14.4 Å². The third-order valence-electron chi connectivity index (χ3n) is 7.58. The van der Waals surface area contributed by atoms with Crippen molar-refractivity contribution in [1.82, 2.24) is 4.90 Å². The summed E-state index contributed by atoms with van der Waals surface area (Å²) in [6.07, 6.45) is 3.47. The molecule has 174 valence electrons. The van der Waals surface area contributed by atoms with E-state index in [1.165, 1.54) is 0 Å². The van der Waals surface area contributed by atoms with E-state index in [0.717, 1.165) is 58.5 Å². The Balaban J connectivity index is 1.64. The summed E-state index contributed by atoms with van der Waals surface area (Å²) in [5, 5.41) is 0. The smallest absolute Gasteiger partial charge is 0.192 e. The number of allylic oxidation sites excluding steroid dienone is 3. The third-order valence-corrected chi connectivity index (χ3v) is 7.58. The molecular formula is C29H29NO4. The van der Waals surface area contributed by atoms with E-state index in [2.05, 4.69) is 24.8 Å². The van der Waals surface area contributed by atoms with Gasteiger partial charge in [0.1, 0.15) is 0 Å². The number of carbonyl (C=O) groups is 2. The van der Waals surface area contributed by atoms with Crippen molar-refractivity contribution in [3.8, 4) is 11.5 Å². The number of hydrogen-bond acceptors (Lipinski definition) is 5. The van der Waals surface area contributed by atoms with Crippen molar-refractivity contribution < 1.29 is 19.1 Å². The highest BCUT2D eigenvalue weighted by Crippen LogP contribution is 2.57. The highest BCUT2D eigenvalue weighted by molar-refractivity contribution is 6.23. The number of ether oxygens (including phenoxy) is 2. The number of benzene rings is 2. The Bertz CT molecular complexity index is 1310. The maximum absolute atomic E-state index is 13.9. The summed E-state index contributed by atoms with van der Waals surface area (Å²) in [6.45, 7) is 4.34. The van der Waals surface area contributed by atoms with Crippen molar-refractivity contribution in [3.05, 3.63) is 76.0 Å². The van der Waals surface area contributed by atoms with Crippen LogP contribution in [-0.4, -0.2) is 36.7 Å². The second-order valence-corrected chi connectivity index (χ2v) is 10.6. The fourth-order valence-electron chi connectivity index (χ4n) is 6.04. The lowest BCUT2D eigenvalue weighted by Crippen LogP contribution is -2.40. The number of ketones is 2.